The molecular weight excluding hydrogens is 248 g/mol. The summed E-state index contributed by atoms with van der Waals surface area (Å²) in [6.45, 7) is -0.0528. The number of halogens is 1. The van der Waals surface area contributed by atoms with Crippen molar-refractivity contribution in [2.75, 3.05) is 14.2 Å². The summed E-state index contributed by atoms with van der Waals surface area (Å²) in [6, 6.07) is 3.69. The minimum Gasteiger partial charge on any atom is -0.493 e. The minimum absolute atomic E-state index is 0.0528. The number of hydrogen-bond acceptors (Lipinski definition) is 4. The van der Waals surface area contributed by atoms with Crippen molar-refractivity contribution in [1.82, 2.24) is 0 Å². The van der Waals surface area contributed by atoms with E-state index in [9.17, 15) is 0 Å². The van der Waals surface area contributed by atoms with Crippen LogP contribution in [0, 0.1) is 0 Å². The Bertz CT molecular complexity index is 521. The summed E-state index contributed by atoms with van der Waals surface area (Å²) in [5.41, 5.74) is 0. The average molecular weight is 259 g/mol. The summed E-state index contributed by atoms with van der Waals surface area (Å²) in [6.07, 6.45) is 0. The lowest BCUT2D eigenvalue weighted by Crippen LogP contribution is -1.89. The van der Waals surface area contributed by atoms with E-state index in [1.165, 1.54) is 11.3 Å². The zero-order chi connectivity index (χ0) is 11.7. The highest BCUT2D eigenvalue weighted by atomic mass is 35.5. The highest BCUT2D eigenvalue weighted by Gasteiger charge is 2.13. The van der Waals surface area contributed by atoms with E-state index in [1.807, 2.05) is 12.1 Å². The molecule has 86 valence electrons. The third kappa shape index (κ3) is 1.73. The highest BCUT2D eigenvalue weighted by molar-refractivity contribution is 7.19. The van der Waals surface area contributed by atoms with Crippen LogP contribution in [0.5, 0.6) is 11.5 Å². The zero-order valence-corrected chi connectivity index (χ0v) is 10.5. The molecule has 1 aromatic carbocycles. The number of thiophene rings is 1. The Morgan fingerprint density at radius 1 is 1.25 bits per heavy atom. The van der Waals surface area contributed by atoms with E-state index < -0.39 is 0 Å². The number of fused-ring (bicyclic) bond motifs is 1. The van der Waals surface area contributed by atoms with Gasteiger partial charge in [-0.05, 0) is 6.07 Å². The van der Waals surface area contributed by atoms with E-state index in [1.54, 1.807) is 14.2 Å². The minimum atomic E-state index is -0.0528. The molecule has 3 nitrogen and oxygen atoms in total. The number of hydrogen-bond donors (Lipinski definition) is 1. The van der Waals surface area contributed by atoms with Crippen molar-refractivity contribution in [2.45, 2.75) is 6.61 Å². The van der Waals surface area contributed by atoms with Gasteiger partial charge in [-0.3, -0.25) is 0 Å². The fourth-order valence-corrected chi connectivity index (χ4v) is 2.90. The van der Waals surface area contributed by atoms with Crippen molar-refractivity contribution >= 4 is 33.0 Å². The predicted octanol–water partition coefficient (Wildman–Crippen LogP) is 3.06. The predicted molar refractivity (Wildman–Crippen MR) is 65.9 cm³/mol. The molecule has 0 atom stereocenters. The number of methoxy groups -OCH3 is 2. The number of benzene rings is 1. The first-order chi connectivity index (χ1) is 7.71. The first-order valence-electron chi connectivity index (χ1n) is 4.65. The van der Waals surface area contributed by atoms with E-state index in [2.05, 4.69) is 0 Å². The molecule has 0 aliphatic carbocycles. The van der Waals surface area contributed by atoms with Crippen LogP contribution >= 0.6 is 22.9 Å². The Morgan fingerprint density at radius 2 is 1.88 bits per heavy atom. The fraction of sp³-hybridized carbons (Fsp3) is 0.273. The highest BCUT2D eigenvalue weighted by Crippen LogP contribution is 2.41. The normalized spacial score (nSPS) is 10.8. The van der Waals surface area contributed by atoms with E-state index >= 15 is 0 Å². The standard InChI is InChI=1S/C11H11ClO3S/c1-14-7-3-6-9(4-8(7)15-2)16-10(5-13)11(6)12/h3-4,13H,5H2,1-2H3. The summed E-state index contributed by atoms with van der Waals surface area (Å²) < 4.78 is 11.4. The molecule has 0 radical (unpaired) electrons. The first kappa shape index (κ1) is 11.5. The van der Waals surface area contributed by atoms with Gasteiger partial charge >= 0.3 is 0 Å². The molecule has 0 saturated carbocycles. The Balaban J connectivity index is 2.71. The lowest BCUT2D eigenvalue weighted by atomic mass is 10.2. The van der Waals surface area contributed by atoms with Crippen LogP contribution in [0.3, 0.4) is 0 Å². The lowest BCUT2D eigenvalue weighted by molar-refractivity contribution is 0.285. The number of aliphatic hydroxyl groups excluding tert-OH is 1. The van der Waals surface area contributed by atoms with Gasteiger partial charge in [0.1, 0.15) is 0 Å². The molecule has 0 amide bonds. The van der Waals surface area contributed by atoms with Gasteiger partial charge in [0, 0.05) is 21.0 Å². The summed E-state index contributed by atoms with van der Waals surface area (Å²) in [7, 11) is 3.17. The lowest BCUT2D eigenvalue weighted by Gasteiger charge is -2.06. The van der Waals surface area contributed by atoms with E-state index in [0.29, 0.717) is 16.5 Å². The molecule has 5 heteroatoms. The number of ether oxygens (including phenoxy) is 2. The molecule has 1 N–H and O–H groups in total. The quantitative estimate of drug-likeness (QED) is 0.920. The van der Waals surface area contributed by atoms with Crippen LogP contribution in [0.2, 0.25) is 5.02 Å². The van der Waals surface area contributed by atoms with Gasteiger partial charge < -0.3 is 14.6 Å². The van der Waals surface area contributed by atoms with Crippen molar-refractivity contribution in [3.05, 3.63) is 22.0 Å². The van der Waals surface area contributed by atoms with Gasteiger partial charge in [-0.15, -0.1) is 11.3 Å². The van der Waals surface area contributed by atoms with Crippen molar-refractivity contribution in [2.24, 2.45) is 0 Å². The van der Waals surface area contributed by atoms with Gasteiger partial charge in [-0.25, -0.2) is 0 Å². The molecule has 2 aromatic rings. The molecule has 16 heavy (non-hydrogen) atoms. The summed E-state index contributed by atoms with van der Waals surface area (Å²) in [4.78, 5) is 0.756. The van der Waals surface area contributed by atoms with Crippen LogP contribution in [0.25, 0.3) is 10.1 Å². The molecule has 0 aliphatic heterocycles. The third-order valence-corrected chi connectivity index (χ3v) is 4.02. The summed E-state index contributed by atoms with van der Waals surface area (Å²) in [5.74, 6) is 1.30. The average Bonchev–Trinajstić information content (AvgIpc) is 2.63. The topological polar surface area (TPSA) is 38.7 Å². The van der Waals surface area contributed by atoms with Crippen molar-refractivity contribution in [3.8, 4) is 11.5 Å². The van der Waals surface area contributed by atoms with Crippen LogP contribution in [0.1, 0.15) is 4.88 Å². The monoisotopic (exact) mass is 258 g/mol. The Morgan fingerprint density at radius 3 is 2.44 bits per heavy atom. The molecule has 2 rings (SSSR count). The van der Waals surface area contributed by atoms with Crippen LogP contribution in [0.15, 0.2) is 12.1 Å². The molecule has 1 aromatic heterocycles. The van der Waals surface area contributed by atoms with Crippen LogP contribution < -0.4 is 9.47 Å². The maximum absolute atomic E-state index is 9.14. The molecule has 0 aliphatic rings. The molecule has 0 bridgehead atoms. The van der Waals surface area contributed by atoms with Crippen molar-refractivity contribution < 1.29 is 14.6 Å². The Kier molecular flexibility index (Phi) is 3.23. The summed E-state index contributed by atoms with van der Waals surface area (Å²) >= 11 is 7.59. The fourth-order valence-electron chi connectivity index (χ4n) is 1.55. The van der Waals surface area contributed by atoms with Gasteiger partial charge in [-0.1, -0.05) is 11.6 Å². The molecule has 0 unspecified atom stereocenters. The maximum atomic E-state index is 9.14. The van der Waals surface area contributed by atoms with Gasteiger partial charge in [0.15, 0.2) is 11.5 Å². The second-order valence-electron chi connectivity index (χ2n) is 3.20. The van der Waals surface area contributed by atoms with Crippen molar-refractivity contribution in [3.63, 3.8) is 0 Å². The number of aliphatic hydroxyl groups is 1. The third-order valence-electron chi connectivity index (χ3n) is 2.34. The van der Waals surface area contributed by atoms with Crippen LogP contribution in [-0.2, 0) is 6.61 Å². The molecular formula is C11H11ClO3S. The van der Waals surface area contributed by atoms with Gasteiger partial charge in [0.2, 0.25) is 0 Å². The van der Waals surface area contributed by atoms with Gasteiger partial charge in [0.25, 0.3) is 0 Å². The Hall–Kier alpha value is -0.970. The Labute approximate surface area is 102 Å². The second-order valence-corrected chi connectivity index (χ2v) is 4.72. The molecule has 0 fully saturated rings. The van der Waals surface area contributed by atoms with E-state index in [0.717, 1.165) is 15.0 Å². The SMILES string of the molecule is COc1cc2sc(CO)c(Cl)c2cc1OC. The largest absolute Gasteiger partial charge is 0.493 e. The first-order valence-corrected chi connectivity index (χ1v) is 5.84. The second kappa shape index (κ2) is 4.49. The smallest absolute Gasteiger partial charge is 0.162 e. The maximum Gasteiger partial charge on any atom is 0.162 e. The number of rotatable bonds is 3. The van der Waals surface area contributed by atoms with Crippen molar-refractivity contribution in [1.29, 1.82) is 0 Å². The van der Waals surface area contributed by atoms with Crippen LogP contribution in [-0.4, -0.2) is 19.3 Å². The molecule has 0 spiro atoms. The molecule has 0 saturated heterocycles. The molecule has 1 heterocycles. The van der Waals surface area contributed by atoms with Crippen LogP contribution in [0.4, 0.5) is 0 Å². The van der Waals surface area contributed by atoms with E-state index in [4.69, 9.17) is 26.2 Å². The van der Waals surface area contributed by atoms with E-state index in [-0.39, 0.29) is 6.61 Å². The summed E-state index contributed by atoms with van der Waals surface area (Å²) in [5, 5.41) is 10.6. The van der Waals surface area contributed by atoms with Gasteiger partial charge in [0.05, 0.1) is 25.8 Å². The van der Waals surface area contributed by atoms with Gasteiger partial charge in [-0.2, -0.15) is 0 Å². The zero-order valence-electron chi connectivity index (χ0n) is 8.91.